The third-order valence-electron chi connectivity index (χ3n) is 5.27. The molecule has 0 radical (unpaired) electrons. The van der Waals surface area contributed by atoms with Crippen LogP contribution in [0, 0.1) is 5.82 Å². The van der Waals surface area contributed by atoms with Crippen molar-refractivity contribution in [2.45, 2.75) is 6.54 Å². The van der Waals surface area contributed by atoms with E-state index in [4.69, 9.17) is 4.74 Å². The summed E-state index contributed by atoms with van der Waals surface area (Å²) in [6.07, 6.45) is 1.30. The smallest absolute Gasteiger partial charge is 0.340 e. The van der Waals surface area contributed by atoms with Crippen LogP contribution in [0.5, 0.6) is 0 Å². The molecule has 1 N–H and O–H groups in total. The zero-order valence-electron chi connectivity index (χ0n) is 18.1. The first-order valence-corrected chi connectivity index (χ1v) is 10.5. The largest absolute Gasteiger partial charge is 0.452 e. The maximum Gasteiger partial charge on any atom is 0.340 e. The number of para-hydroxylation sites is 1. The number of hydrogen-bond donors (Lipinski definition) is 1. The van der Waals surface area contributed by atoms with E-state index >= 15 is 0 Å². The van der Waals surface area contributed by atoms with Gasteiger partial charge in [0.2, 0.25) is 5.91 Å². The number of aromatic nitrogens is 4. The van der Waals surface area contributed by atoms with Crippen LogP contribution < -0.4 is 10.2 Å². The number of carbonyl (C=O) groups excluding carboxylic acids is 3. The van der Waals surface area contributed by atoms with Gasteiger partial charge in [0.25, 0.3) is 5.91 Å². The Balaban J connectivity index is 1.28. The van der Waals surface area contributed by atoms with Gasteiger partial charge in [0.1, 0.15) is 18.7 Å². The van der Waals surface area contributed by atoms with Crippen LogP contribution in [0.25, 0.3) is 0 Å². The van der Waals surface area contributed by atoms with Gasteiger partial charge in [-0.3, -0.25) is 9.59 Å². The van der Waals surface area contributed by atoms with E-state index in [1.165, 1.54) is 29.2 Å². The van der Waals surface area contributed by atoms with Crippen molar-refractivity contribution in [1.29, 1.82) is 0 Å². The van der Waals surface area contributed by atoms with Crippen LogP contribution in [0.2, 0.25) is 0 Å². The quantitative estimate of drug-likeness (QED) is 0.510. The summed E-state index contributed by atoms with van der Waals surface area (Å²) in [5, 5.41) is 13.2. The Morgan fingerprint density at radius 3 is 2.44 bits per heavy atom. The number of anilines is 2. The summed E-state index contributed by atoms with van der Waals surface area (Å²) < 4.78 is 19.6. The highest BCUT2D eigenvalue weighted by molar-refractivity contribution is 6.01. The Morgan fingerprint density at radius 1 is 1.00 bits per heavy atom. The summed E-state index contributed by atoms with van der Waals surface area (Å²) in [6, 6.07) is 12.6. The minimum atomic E-state index is -0.725. The Morgan fingerprint density at radius 2 is 1.74 bits per heavy atom. The Hall–Kier alpha value is -4.35. The van der Waals surface area contributed by atoms with Crippen molar-refractivity contribution >= 4 is 29.2 Å². The molecule has 0 aliphatic carbocycles. The average Bonchev–Trinajstić information content (AvgIpc) is 3.36. The molecule has 1 saturated heterocycles. The minimum absolute atomic E-state index is 0.126. The average molecular weight is 467 g/mol. The number of nitrogens with one attached hydrogen (secondary N) is 1. The van der Waals surface area contributed by atoms with Crippen molar-refractivity contribution < 1.29 is 23.5 Å². The minimum Gasteiger partial charge on any atom is -0.452 e. The summed E-state index contributed by atoms with van der Waals surface area (Å²) in [5.41, 5.74) is 1.27. The van der Waals surface area contributed by atoms with E-state index < -0.39 is 18.5 Å². The summed E-state index contributed by atoms with van der Waals surface area (Å²) in [6.45, 7) is 1.54. The highest BCUT2D eigenvalue weighted by atomic mass is 19.1. The lowest BCUT2D eigenvalue weighted by Gasteiger charge is -2.36. The normalized spacial score (nSPS) is 13.4. The van der Waals surface area contributed by atoms with E-state index in [9.17, 15) is 18.8 Å². The van der Waals surface area contributed by atoms with Crippen molar-refractivity contribution in [3.8, 4) is 0 Å². The first kappa shape index (κ1) is 22.8. The van der Waals surface area contributed by atoms with E-state index in [1.807, 2.05) is 0 Å². The number of nitrogens with zero attached hydrogens (tertiary/aromatic N) is 6. The van der Waals surface area contributed by atoms with Gasteiger partial charge in [0, 0.05) is 31.9 Å². The predicted octanol–water partition coefficient (Wildman–Crippen LogP) is 0.956. The molecule has 1 aromatic heterocycles. The molecule has 1 aliphatic rings. The number of hydrogen-bond acceptors (Lipinski definition) is 8. The van der Waals surface area contributed by atoms with Crippen LogP contribution in [0.4, 0.5) is 15.8 Å². The highest BCUT2D eigenvalue weighted by Crippen LogP contribution is 2.18. The number of carbonyl (C=O) groups is 3. The third-order valence-corrected chi connectivity index (χ3v) is 5.27. The summed E-state index contributed by atoms with van der Waals surface area (Å²) >= 11 is 0. The van der Waals surface area contributed by atoms with Gasteiger partial charge in [-0.1, -0.05) is 12.1 Å². The monoisotopic (exact) mass is 467 g/mol. The number of halogens is 1. The maximum absolute atomic E-state index is 13.1. The van der Waals surface area contributed by atoms with Gasteiger partial charge in [-0.2, -0.15) is 0 Å². The number of ether oxygens (including phenoxy) is 1. The van der Waals surface area contributed by atoms with E-state index in [1.54, 1.807) is 35.2 Å². The standard InChI is InChI=1S/C22H22FN7O4/c23-16-5-7-17(8-6-16)28-9-11-29(12-10-28)21(32)14-34-22(33)18-3-1-2-4-19(18)25-20(31)13-30-15-24-26-27-30/h1-8,15H,9-14H2,(H,25,31). The van der Waals surface area contributed by atoms with Gasteiger partial charge in [-0.15, -0.1) is 5.10 Å². The Bertz CT molecular complexity index is 1150. The molecular formula is C22H22FN7O4. The topological polar surface area (TPSA) is 123 Å². The first-order valence-electron chi connectivity index (χ1n) is 10.5. The molecule has 0 unspecified atom stereocenters. The fourth-order valence-electron chi connectivity index (χ4n) is 3.52. The molecule has 2 aromatic carbocycles. The lowest BCUT2D eigenvalue weighted by molar-refractivity contribution is -0.134. The molecule has 1 aliphatic heterocycles. The molecular weight excluding hydrogens is 445 g/mol. The van der Waals surface area contributed by atoms with Gasteiger partial charge in [-0.25, -0.2) is 13.9 Å². The van der Waals surface area contributed by atoms with E-state index in [2.05, 4.69) is 25.7 Å². The number of amides is 2. The second-order valence-corrected chi connectivity index (χ2v) is 7.52. The summed E-state index contributed by atoms with van der Waals surface area (Å²) in [4.78, 5) is 41.0. The van der Waals surface area contributed by atoms with Crippen LogP contribution in [0.15, 0.2) is 54.9 Å². The molecule has 4 rings (SSSR count). The lowest BCUT2D eigenvalue weighted by Crippen LogP contribution is -2.49. The highest BCUT2D eigenvalue weighted by Gasteiger charge is 2.23. The van der Waals surface area contributed by atoms with Crippen LogP contribution in [0.1, 0.15) is 10.4 Å². The van der Waals surface area contributed by atoms with Gasteiger partial charge < -0.3 is 19.9 Å². The molecule has 0 bridgehead atoms. The Labute approximate surface area is 194 Å². The summed E-state index contributed by atoms with van der Waals surface area (Å²) in [5.74, 6) is -1.76. The van der Waals surface area contributed by atoms with Gasteiger partial charge >= 0.3 is 5.97 Å². The van der Waals surface area contributed by atoms with Crippen LogP contribution >= 0.6 is 0 Å². The third kappa shape index (κ3) is 5.71. The van der Waals surface area contributed by atoms with Gasteiger partial charge in [0.15, 0.2) is 6.61 Å². The van der Waals surface area contributed by atoms with Gasteiger partial charge in [-0.05, 0) is 46.8 Å². The lowest BCUT2D eigenvalue weighted by atomic mass is 10.2. The fraction of sp³-hybridized carbons (Fsp3) is 0.273. The first-order chi connectivity index (χ1) is 16.5. The zero-order chi connectivity index (χ0) is 23.9. The maximum atomic E-state index is 13.1. The second-order valence-electron chi connectivity index (χ2n) is 7.52. The fourth-order valence-corrected chi connectivity index (χ4v) is 3.52. The molecule has 12 heteroatoms. The zero-order valence-corrected chi connectivity index (χ0v) is 18.1. The molecule has 1 fully saturated rings. The number of rotatable bonds is 7. The molecule has 0 spiro atoms. The molecule has 176 valence electrons. The van der Waals surface area contributed by atoms with Crippen LogP contribution in [-0.4, -0.2) is 75.7 Å². The number of esters is 1. The molecule has 2 amide bonds. The van der Waals surface area contributed by atoms with Crippen molar-refractivity contribution in [1.82, 2.24) is 25.1 Å². The Kier molecular flexibility index (Phi) is 7.06. The predicted molar refractivity (Wildman–Crippen MR) is 118 cm³/mol. The molecule has 0 saturated carbocycles. The van der Waals surface area contributed by atoms with Gasteiger partial charge in [0.05, 0.1) is 11.3 Å². The van der Waals surface area contributed by atoms with Crippen molar-refractivity contribution in [2.24, 2.45) is 0 Å². The van der Waals surface area contributed by atoms with Crippen LogP contribution in [0.3, 0.4) is 0 Å². The summed E-state index contributed by atoms with van der Waals surface area (Å²) in [7, 11) is 0. The molecule has 2 heterocycles. The molecule has 3 aromatic rings. The SMILES string of the molecule is O=C(Cn1cnnn1)Nc1ccccc1C(=O)OCC(=O)N1CCN(c2ccc(F)cc2)CC1. The van der Waals surface area contributed by atoms with Crippen molar-refractivity contribution in [3.63, 3.8) is 0 Å². The van der Waals surface area contributed by atoms with E-state index in [0.717, 1.165) is 5.69 Å². The number of tetrazole rings is 1. The molecule has 34 heavy (non-hydrogen) atoms. The van der Waals surface area contributed by atoms with E-state index in [-0.39, 0.29) is 29.5 Å². The molecule has 0 atom stereocenters. The molecule has 11 nitrogen and oxygen atoms in total. The van der Waals surface area contributed by atoms with Crippen LogP contribution in [-0.2, 0) is 20.9 Å². The number of piperazine rings is 1. The van der Waals surface area contributed by atoms with Crippen molar-refractivity contribution in [2.75, 3.05) is 43.0 Å². The van der Waals surface area contributed by atoms with E-state index in [0.29, 0.717) is 26.2 Å². The van der Waals surface area contributed by atoms with Crippen molar-refractivity contribution in [3.05, 3.63) is 66.2 Å². The second kappa shape index (κ2) is 10.5. The number of benzene rings is 2.